The average molecular weight is 132 g/mol. The molecule has 8 heavy (non-hydrogen) atoms. The minimum absolute atomic E-state index is 0.273. The molecular formula is C4H8N2OS. The number of hydrogen-bond acceptors (Lipinski definition) is 4. The molecule has 0 spiro atoms. The van der Waals surface area contributed by atoms with Crippen LogP contribution in [0, 0.1) is 0 Å². The van der Waals surface area contributed by atoms with Gasteiger partial charge in [0.2, 0.25) is 0 Å². The fourth-order valence-corrected chi connectivity index (χ4v) is 1.25. The summed E-state index contributed by atoms with van der Waals surface area (Å²) in [6, 6.07) is 0. The van der Waals surface area contributed by atoms with Crippen LogP contribution >= 0.6 is 11.8 Å². The van der Waals surface area contributed by atoms with E-state index in [1.54, 1.807) is 6.92 Å². The smallest absolute Gasteiger partial charge is 0.147 e. The third-order valence-electron chi connectivity index (χ3n) is 0.820. The molecule has 4 heteroatoms. The Hall–Kier alpha value is -0.0600. The summed E-state index contributed by atoms with van der Waals surface area (Å²) in [5.74, 6) is 0. The summed E-state index contributed by atoms with van der Waals surface area (Å²) in [5.41, 5.74) is 5.04. The van der Waals surface area contributed by atoms with Gasteiger partial charge in [0, 0.05) is 6.21 Å². The fourth-order valence-electron chi connectivity index (χ4n) is 0.517. The molecule has 46 valence electrons. The van der Waals surface area contributed by atoms with E-state index in [1.807, 2.05) is 0 Å². The standard InChI is InChI=1S/C4H8N2OS/c1-4(7)2-6-3(5)8-4/h2-3,7H,5H2,1H3. The zero-order valence-corrected chi connectivity index (χ0v) is 5.35. The van der Waals surface area contributed by atoms with Crippen LogP contribution in [-0.2, 0) is 0 Å². The van der Waals surface area contributed by atoms with Gasteiger partial charge < -0.3 is 10.8 Å². The van der Waals surface area contributed by atoms with Gasteiger partial charge in [-0.05, 0) is 6.92 Å². The van der Waals surface area contributed by atoms with Crippen LogP contribution < -0.4 is 5.73 Å². The second kappa shape index (κ2) is 1.72. The maximum Gasteiger partial charge on any atom is 0.147 e. The average Bonchev–Trinajstić information content (AvgIpc) is 1.82. The highest BCUT2D eigenvalue weighted by Crippen LogP contribution is 2.27. The molecule has 0 saturated carbocycles. The second-order valence-electron chi connectivity index (χ2n) is 1.84. The van der Waals surface area contributed by atoms with Gasteiger partial charge in [0.1, 0.15) is 10.4 Å². The first kappa shape index (κ1) is 6.07. The Bertz CT molecular complexity index is 123. The zero-order valence-electron chi connectivity index (χ0n) is 4.53. The molecule has 0 saturated heterocycles. The summed E-state index contributed by atoms with van der Waals surface area (Å²) >= 11 is 1.23. The molecule has 0 aromatic rings. The molecule has 0 amide bonds. The molecule has 0 aromatic carbocycles. The van der Waals surface area contributed by atoms with Crippen LogP contribution in [0.5, 0.6) is 0 Å². The van der Waals surface area contributed by atoms with Gasteiger partial charge in [-0.3, -0.25) is 4.99 Å². The number of aliphatic imine (C=N–C) groups is 1. The first-order valence-corrected chi connectivity index (χ1v) is 3.18. The molecule has 0 bridgehead atoms. The van der Waals surface area contributed by atoms with E-state index in [-0.39, 0.29) is 5.50 Å². The zero-order chi connectivity index (χ0) is 6.20. The highest BCUT2D eigenvalue weighted by molar-refractivity contribution is 8.01. The van der Waals surface area contributed by atoms with Gasteiger partial charge in [-0.1, -0.05) is 11.8 Å². The van der Waals surface area contributed by atoms with E-state index < -0.39 is 4.93 Å². The Morgan fingerprint density at radius 2 is 2.62 bits per heavy atom. The lowest BCUT2D eigenvalue weighted by Crippen LogP contribution is -2.19. The quantitative estimate of drug-likeness (QED) is 0.478. The van der Waals surface area contributed by atoms with Crippen molar-refractivity contribution in [2.24, 2.45) is 10.7 Å². The Balaban J connectivity index is 2.58. The molecule has 3 N–H and O–H groups in total. The highest BCUT2D eigenvalue weighted by atomic mass is 32.2. The van der Waals surface area contributed by atoms with Gasteiger partial charge >= 0.3 is 0 Å². The molecule has 2 atom stereocenters. The first-order valence-electron chi connectivity index (χ1n) is 2.30. The van der Waals surface area contributed by atoms with Crippen LogP contribution in [0.15, 0.2) is 4.99 Å². The predicted octanol–water partition coefficient (Wildman–Crippen LogP) is -0.245. The summed E-state index contributed by atoms with van der Waals surface area (Å²) in [4.78, 5) is 2.92. The van der Waals surface area contributed by atoms with Crippen molar-refractivity contribution >= 4 is 18.0 Å². The van der Waals surface area contributed by atoms with Crippen molar-refractivity contribution < 1.29 is 5.11 Å². The SMILES string of the molecule is CC1(O)C=NC(N)S1. The molecule has 1 rings (SSSR count). The van der Waals surface area contributed by atoms with Crippen LogP contribution in [0.25, 0.3) is 0 Å². The third-order valence-corrected chi connectivity index (χ3v) is 1.77. The summed E-state index contributed by atoms with van der Waals surface area (Å²) < 4.78 is 0. The molecule has 0 radical (unpaired) electrons. The lowest BCUT2D eigenvalue weighted by atomic mass is 10.4. The minimum Gasteiger partial charge on any atom is -0.374 e. The van der Waals surface area contributed by atoms with E-state index in [2.05, 4.69) is 4.99 Å². The normalized spacial score (nSPS) is 45.6. The van der Waals surface area contributed by atoms with Crippen molar-refractivity contribution in [1.29, 1.82) is 0 Å². The maximum atomic E-state index is 9.10. The van der Waals surface area contributed by atoms with Crippen molar-refractivity contribution in [2.75, 3.05) is 0 Å². The van der Waals surface area contributed by atoms with Crippen molar-refractivity contribution in [3.63, 3.8) is 0 Å². The first-order chi connectivity index (χ1) is 3.60. The van der Waals surface area contributed by atoms with Gasteiger partial charge in [-0.2, -0.15) is 0 Å². The summed E-state index contributed by atoms with van der Waals surface area (Å²) in [6.45, 7) is 1.66. The van der Waals surface area contributed by atoms with Gasteiger partial charge in [-0.15, -0.1) is 0 Å². The van der Waals surface area contributed by atoms with E-state index in [9.17, 15) is 0 Å². The highest BCUT2D eigenvalue weighted by Gasteiger charge is 2.26. The lowest BCUT2D eigenvalue weighted by molar-refractivity contribution is 0.235. The number of hydrogen-bond donors (Lipinski definition) is 2. The number of thioether (sulfide) groups is 1. The van der Waals surface area contributed by atoms with Crippen LogP contribution in [0.2, 0.25) is 0 Å². The van der Waals surface area contributed by atoms with E-state index in [0.717, 1.165) is 0 Å². The van der Waals surface area contributed by atoms with E-state index in [1.165, 1.54) is 18.0 Å². The number of rotatable bonds is 0. The minimum atomic E-state index is -0.834. The van der Waals surface area contributed by atoms with Crippen LogP contribution in [0.1, 0.15) is 6.92 Å². The molecule has 0 fully saturated rings. The molecule has 2 unspecified atom stereocenters. The lowest BCUT2D eigenvalue weighted by Gasteiger charge is -2.09. The van der Waals surface area contributed by atoms with Gasteiger partial charge in [0.15, 0.2) is 0 Å². The largest absolute Gasteiger partial charge is 0.374 e. The van der Waals surface area contributed by atoms with Crippen LogP contribution in [0.3, 0.4) is 0 Å². The Labute approximate surface area is 52.0 Å². The Morgan fingerprint density at radius 3 is 2.75 bits per heavy atom. The van der Waals surface area contributed by atoms with Gasteiger partial charge in [-0.25, -0.2) is 0 Å². The van der Waals surface area contributed by atoms with Crippen molar-refractivity contribution in [1.82, 2.24) is 0 Å². The second-order valence-corrected chi connectivity index (χ2v) is 3.39. The van der Waals surface area contributed by atoms with Crippen molar-refractivity contribution in [2.45, 2.75) is 17.4 Å². The summed E-state index contributed by atoms with van der Waals surface area (Å²) in [5, 5.41) is 9.10. The van der Waals surface area contributed by atoms with Crippen LogP contribution in [-0.4, -0.2) is 21.8 Å². The summed E-state index contributed by atoms with van der Waals surface area (Å²) in [7, 11) is 0. The van der Waals surface area contributed by atoms with Crippen molar-refractivity contribution in [3.8, 4) is 0 Å². The van der Waals surface area contributed by atoms with Crippen molar-refractivity contribution in [3.05, 3.63) is 0 Å². The monoisotopic (exact) mass is 132 g/mol. The summed E-state index contributed by atoms with van der Waals surface area (Å²) in [6.07, 6.45) is 1.46. The van der Waals surface area contributed by atoms with E-state index in [4.69, 9.17) is 10.8 Å². The number of nitrogens with two attached hydrogens (primary N) is 1. The topological polar surface area (TPSA) is 58.6 Å². The molecule has 0 aliphatic carbocycles. The van der Waals surface area contributed by atoms with E-state index >= 15 is 0 Å². The molecule has 0 aromatic heterocycles. The van der Waals surface area contributed by atoms with Gasteiger partial charge in [0.25, 0.3) is 0 Å². The predicted molar refractivity (Wildman–Crippen MR) is 34.7 cm³/mol. The number of aliphatic hydroxyl groups is 1. The van der Waals surface area contributed by atoms with Gasteiger partial charge in [0.05, 0.1) is 0 Å². The fraction of sp³-hybridized carbons (Fsp3) is 0.750. The molecular weight excluding hydrogens is 124 g/mol. The Kier molecular flexibility index (Phi) is 1.30. The van der Waals surface area contributed by atoms with Crippen LogP contribution in [0.4, 0.5) is 0 Å². The Morgan fingerprint density at radius 1 is 2.00 bits per heavy atom. The molecule has 1 aliphatic rings. The number of nitrogens with zero attached hydrogens (tertiary/aromatic N) is 1. The maximum absolute atomic E-state index is 9.10. The molecule has 1 heterocycles. The van der Waals surface area contributed by atoms with E-state index in [0.29, 0.717) is 0 Å². The molecule has 3 nitrogen and oxygen atoms in total. The third kappa shape index (κ3) is 1.21. The molecule has 1 aliphatic heterocycles.